The van der Waals surface area contributed by atoms with Crippen LogP contribution in [0.3, 0.4) is 0 Å². The summed E-state index contributed by atoms with van der Waals surface area (Å²) in [6.45, 7) is 5.03. The number of hydrogen-bond donors (Lipinski definition) is 4. The molecule has 0 saturated carbocycles. The number of primary amides is 1. The molecule has 1 heterocycles. The maximum absolute atomic E-state index is 11.9. The van der Waals surface area contributed by atoms with Crippen molar-refractivity contribution in [2.75, 3.05) is 13.6 Å². The zero-order valence-electron chi connectivity index (χ0n) is 15.6. The average molecular weight is 388 g/mol. The maximum atomic E-state index is 11.9. The number of aryl methyl sites for hydroxylation is 2. The quantitative estimate of drug-likeness (QED) is 0.414. The van der Waals surface area contributed by atoms with Gasteiger partial charge in [-0.15, -0.1) is 11.3 Å². The first-order chi connectivity index (χ1) is 12.9. The highest BCUT2D eigenvalue weighted by molar-refractivity contribution is 7.11. The van der Waals surface area contributed by atoms with Crippen LogP contribution in [-0.2, 0) is 17.9 Å². The van der Waals surface area contributed by atoms with Crippen molar-refractivity contribution in [1.29, 1.82) is 0 Å². The molecule has 9 heteroatoms. The minimum absolute atomic E-state index is 0.178. The highest BCUT2D eigenvalue weighted by atomic mass is 32.1. The first kappa shape index (κ1) is 20.4. The van der Waals surface area contributed by atoms with Crippen molar-refractivity contribution in [3.63, 3.8) is 0 Å². The lowest BCUT2D eigenvalue weighted by molar-refractivity contribution is -0.117. The molecule has 2 rings (SSSR count). The Hall–Kier alpha value is -2.94. The number of thiazole rings is 1. The van der Waals surface area contributed by atoms with Crippen molar-refractivity contribution < 1.29 is 9.59 Å². The molecule has 1 aromatic heterocycles. The zero-order chi connectivity index (χ0) is 19.8. The molecule has 0 aliphatic rings. The van der Waals surface area contributed by atoms with Gasteiger partial charge < -0.3 is 21.7 Å². The van der Waals surface area contributed by atoms with Gasteiger partial charge in [0.15, 0.2) is 5.96 Å². The molecule has 27 heavy (non-hydrogen) atoms. The second kappa shape index (κ2) is 9.67. The van der Waals surface area contributed by atoms with Gasteiger partial charge in [-0.3, -0.25) is 14.6 Å². The number of nitrogens with zero attached hydrogens (tertiary/aromatic N) is 2. The third kappa shape index (κ3) is 6.37. The third-order valence-corrected chi connectivity index (χ3v) is 4.81. The summed E-state index contributed by atoms with van der Waals surface area (Å²) < 4.78 is 0. The number of carbonyl (C=O) groups is 2. The number of carbonyl (C=O) groups excluding carboxylic acids is 2. The van der Waals surface area contributed by atoms with Crippen molar-refractivity contribution in [2.45, 2.75) is 26.9 Å². The fraction of sp³-hybridized carbons (Fsp3) is 0.333. The van der Waals surface area contributed by atoms with E-state index >= 15 is 0 Å². The van der Waals surface area contributed by atoms with E-state index in [1.165, 1.54) is 4.88 Å². The van der Waals surface area contributed by atoms with Crippen LogP contribution in [0, 0.1) is 13.8 Å². The Labute approximate surface area is 162 Å². The van der Waals surface area contributed by atoms with E-state index in [2.05, 4.69) is 25.9 Å². The van der Waals surface area contributed by atoms with Gasteiger partial charge in [0.2, 0.25) is 5.91 Å². The molecular formula is C18H24N6O2S. The molecule has 5 N–H and O–H groups in total. The molecule has 0 spiro atoms. The molecule has 0 radical (unpaired) electrons. The lowest BCUT2D eigenvalue weighted by Gasteiger charge is -2.12. The van der Waals surface area contributed by atoms with E-state index < -0.39 is 5.91 Å². The van der Waals surface area contributed by atoms with Crippen molar-refractivity contribution in [2.24, 2.45) is 10.7 Å². The fourth-order valence-electron chi connectivity index (χ4n) is 2.35. The molecule has 144 valence electrons. The van der Waals surface area contributed by atoms with E-state index in [1.807, 2.05) is 26.0 Å². The van der Waals surface area contributed by atoms with Gasteiger partial charge in [0.05, 0.1) is 23.8 Å². The highest BCUT2D eigenvalue weighted by Crippen LogP contribution is 2.16. The smallest absolute Gasteiger partial charge is 0.251 e. The number of amides is 2. The van der Waals surface area contributed by atoms with Crippen LogP contribution in [0.2, 0.25) is 0 Å². The molecule has 2 amide bonds. The fourth-order valence-corrected chi connectivity index (χ4v) is 3.23. The Morgan fingerprint density at radius 1 is 1.11 bits per heavy atom. The summed E-state index contributed by atoms with van der Waals surface area (Å²) in [6.07, 6.45) is 0. The van der Waals surface area contributed by atoms with Gasteiger partial charge in [0.25, 0.3) is 5.91 Å². The SMILES string of the molecule is CN=C(NCc1ccc(C(=O)NCC(N)=O)cc1)NCc1sc(C)nc1C. The minimum Gasteiger partial charge on any atom is -0.368 e. The number of nitrogens with one attached hydrogen (secondary N) is 3. The number of rotatable bonds is 7. The van der Waals surface area contributed by atoms with E-state index in [9.17, 15) is 9.59 Å². The van der Waals surface area contributed by atoms with Gasteiger partial charge in [-0.05, 0) is 31.5 Å². The molecule has 0 bridgehead atoms. The summed E-state index contributed by atoms with van der Waals surface area (Å²) in [5, 5.41) is 10.0. The summed E-state index contributed by atoms with van der Waals surface area (Å²) in [5.41, 5.74) is 7.51. The van der Waals surface area contributed by atoms with Gasteiger partial charge >= 0.3 is 0 Å². The summed E-state index contributed by atoms with van der Waals surface area (Å²) >= 11 is 1.67. The Morgan fingerprint density at radius 3 is 2.33 bits per heavy atom. The number of nitrogens with two attached hydrogens (primary N) is 1. The van der Waals surface area contributed by atoms with Crippen molar-refractivity contribution >= 4 is 29.1 Å². The molecule has 0 aliphatic heterocycles. The minimum atomic E-state index is -0.577. The molecule has 0 fully saturated rings. The predicted molar refractivity (Wildman–Crippen MR) is 107 cm³/mol. The van der Waals surface area contributed by atoms with Gasteiger partial charge in [-0.25, -0.2) is 4.98 Å². The van der Waals surface area contributed by atoms with Gasteiger partial charge in [0, 0.05) is 24.0 Å². The number of aliphatic imine (C=N–C) groups is 1. The topological polar surface area (TPSA) is 122 Å². The molecule has 0 unspecified atom stereocenters. The van der Waals surface area contributed by atoms with Crippen LogP contribution in [0.5, 0.6) is 0 Å². The summed E-state index contributed by atoms with van der Waals surface area (Å²) in [6, 6.07) is 7.09. The Bertz CT molecular complexity index is 829. The molecule has 2 aromatic rings. The van der Waals surface area contributed by atoms with Crippen molar-refractivity contribution in [3.8, 4) is 0 Å². The highest BCUT2D eigenvalue weighted by Gasteiger charge is 2.08. The normalized spacial score (nSPS) is 11.1. The second-order valence-corrected chi connectivity index (χ2v) is 7.15. The molecule has 0 aliphatic carbocycles. The second-order valence-electron chi connectivity index (χ2n) is 5.87. The predicted octanol–water partition coefficient (Wildman–Crippen LogP) is 0.840. The summed E-state index contributed by atoms with van der Waals surface area (Å²) in [7, 11) is 1.71. The number of guanidine groups is 1. The first-order valence-electron chi connectivity index (χ1n) is 8.42. The maximum Gasteiger partial charge on any atom is 0.251 e. The summed E-state index contributed by atoms with van der Waals surface area (Å²) in [4.78, 5) is 32.4. The van der Waals surface area contributed by atoms with Gasteiger partial charge in [0.1, 0.15) is 0 Å². The zero-order valence-corrected chi connectivity index (χ0v) is 16.4. The van der Waals surface area contributed by atoms with E-state index in [-0.39, 0.29) is 12.5 Å². The number of benzene rings is 1. The Balaban J connectivity index is 1.84. The van der Waals surface area contributed by atoms with Crippen LogP contribution in [0.25, 0.3) is 0 Å². The average Bonchev–Trinajstić information content (AvgIpc) is 2.97. The van der Waals surface area contributed by atoms with E-state index in [0.29, 0.717) is 24.6 Å². The standard InChI is InChI=1S/C18H24N6O2S/c1-11-15(27-12(2)24-11)9-23-18(20-3)22-8-13-4-6-14(7-5-13)17(26)21-10-16(19)25/h4-7H,8-10H2,1-3H3,(H2,19,25)(H,21,26)(H2,20,22,23). The Kier molecular flexibility index (Phi) is 7.30. The van der Waals surface area contributed by atoms with Gasteiger partial charge in [-0.2, -0.15) is 0 Å². The van der Waals surface area contributed by atoms with Gasteiger partial charge in [-0.1, -0.05) is 12.1 Å². The molecule has 1 aromatic carbocycles. The van der Waals surface area contributed by atoms with Crippen LogP contribution in [0.4, 0.5) is 0 Å². The first-order valence-corrected chi connectivity index (χ1v) is 9.23. The molecular weight excluding hydrogens is 364 g/mol. The lowest BCUT2D eigenvalue weighted by atomic mass is 10.1. The van der Waals surface area contributed by atoms with Crippen LogP contribution in [0.1, 0.15) is 31.5 Å². The number of aromatic nitrogens is 1. The largest absolute Gasteiger partial charge is 0.368 e. The van der Waals surface area contributed by atoms with E-state index in [1.54, 1.807) is 30.5 Å². The molecule has 0 atom stereocenters. The lowest BCUT2D eigenvalue weighted by Crippen LogP contribution is -2.36. The molecule has 0 saturated heterocycles. The van der Waals surface area contributed by atoms with Crippen molar-refractivity contribution in [3.05, 3.63) is 51.0 Å². The van der Waals surface area contributed by atoms with E-state index in [4.69, 9.17) is 5.73 Å². The monoisotopic (exact) mass is 388 g/mol. The van der Waals surface area contributed by atoms with Crippen LogP contribution in [0.15, 0.2) is 29.3 Å². The third-order valence-electron chi connectivity index (χ3n) is 3.74. The van der Waals surface area contributed by atoms with E-state index in [0.717, 1.165) is 16.3 Å². The van der Waals surface area contributed by atoms with Crippen molar-refractivity contribution in [1.82, 2.24) is 20.9 Å². The Morgan fingerprint density at radius 2 is 1.78 bits per heavy atom. The summed E-state index contributed by atoms with van der Waals surface area (Å²) in [5.74, 6) is -0.225. The van der Waals surface area contributed by atoms with Crippen LogP contribution >= 0.6 is 11.3 Å². The van der Waals surface area contributed by atoms with Crippen LogP contribution < -0.4 is 21.7 Å². The van der Waals surface area contributed by atoms with Crippen LogP contribution in [-0.4, -0.2) is 36.4 Å². The number of hydrogen-bond acceptors (Lipinski definition) is 5. The molecule has 8 nitrogen and oxygen atoms in total.